The number of nitrogens with one attached hydrogen (secondary N) is 1. The van der Waals surface area contributed by atoms with E-state index in [1.165, 1.54) is 0 Å². The van der Waals surface area contributed by atoms with Gasteiger partial charge in [0.25, 0.3) is 0 Å². The molecule has 0 unspecified atom stereocenters. The van der Waals surface area contributed by atoms with Crippen molar-refractivity contribution in [2.45, 2.75) is 38.5 Å². The Labute approximate surface area is 176 Å². The molecule has 1 saturated carbocycles. The minimum Gasteiger partial charge on any atom is -0.748 e. The second kappa shape index (κ2) is 10.4. The maximum Gasteiger partial charge on any atom is 1.00 e. The van der Waals surface area contributed by atoms with E-state index in [1.54, 1.807) is 6.92 Å². The van der Waals surface area contributed by atoms with Crippen LogP contribution in [0.3, 0.4) is 0 Å². The number of benzene rings is 1. The Morgan fingerprint density at radius 3 is 2.42 bits per heavy atom. The molecule has 1 aliphatic rings. The van der Waals surface area contributed by atoms with Crippen molar-refractivity contribution in [2.75, 3.05) is 12.3 Å². The van der Waals surface area contributed by atoms with Gasteiger partial charge < -0.3 is 9.87 Å². The summed E-state index contributed by atoms with van der Waals surface area (Å²) in [4.78, 5) is 23.9. The topological polar surface area (TPSA) is 103 Å². The molecule has 6 nitrogen and oxygen atoms in total. The molecule has 1 aromatic carbocycles. The maximum absolute atomic E-state index is 12.0. The number of carbonyl (C=O) groups is 2. The number of hydrogen-bond donors (Lipinski definition) is 1. The molecule has 0 aromatic heterocycles. The third-order valence-corrected chi connectivity index (χ3v) is 4.98. The zero-order valence-electron chi connectivity index (χ0n) is 15.2. The standard InChI is InChI=1S/C18H23NO5S.Na/c1-13(18(21)19-10-11-25(22,23)24)15-8-6-14(7-9-15)12-16-4-2-3-5-17(16)20;/h6-9,12-13H,2-5,10-11H2,1H3,(H,19,21)(H,22,23,24);/q;+1/p-1/t13-;/m0./s1. The van der Waals surface area contributed by atoms with E-state index in [2.05, 4.69) is 5.32 Å². The van der Waals surface area contributed by atoms with E-state index in [4.69, 9.17) is 0 Å². The van der Waals surface area contributed by atoms with Crippen LogP contribution in [0.2, 0.25) is 0 Å². The first-order valence-electron chi connectivity index (χ1n) is 8.31. The normalized spacial score (nSPS) is 17.5. The van der Waals surface area contributed by atoms with E-state index in [0.29, 0.717) is 6.42 Å². The first-order chi connectivity index (χ1) is 11.8. The predicted molar refractivity (Wildman–Crippen MR) is 93.9 cm³/mol. The van der Waals surface area contributed by atoms with Gasteiger partial charge in [-0.15, -0.1) is 0 Å². The van der Waals surface area contributed by atoms with E-state index in [9.17, 15) is 22.6 Å². The zero-order valence-corrected chi connectivity index (χ0v) is 18.0. The van der Waals surface area contributed by atoms with Crippen LogP contribution < -0.4 is 34.9 Å². The van der Waals surface area contributed by atoms with Crippen molar-refractivity contribution in [1.29, 1.82) is 0 Å². The Bertz CT molecular complexity index is 771. The molecule has 1 fully saturated rings. The summed E-state index contributed by atoms with van der Waals surface area (Å²) in [7, 11) is -4.33. The van der Waals surface area contributed by atoms with Crippen molar-refractivity contribution in [1.82, 2.24) is 5.32 Å². The van der Waals surface area contributed by atoms with Crippen molar-refractivity contribution in [3.05, 3.63) is 41.0 Å². The summed E-state index contributed by atoms with van der Waals surface area (Å²) in [5, 5.41) is 2.45. The predicted octanol–water partition coefficient (Wildman–Crippen LogP) is -1.02. The summed E-state index contributed by atoms with van der Waals surface area (Å²) in [6.45, 7) is 1.51. The van der Waals surface area contributed by atoms with E-state index in [1.807, 2.05) is 30.3 Å². The van der Waals surface area contributed by atoms with Gasteiger partial charge >= 0.3 is 29.6 Å². The largest absolute Gasteiger partial charge is 1.00 e. The summed E-state index contributed by atoms with van der Waals surface area (Å²) >= 11 is 0. The Morgan fingerprint density at radius 2 is 1.85 bits per heavy atom. The number of Topliss-reactive ketones (excluding diaryl/α,β-unsaturated/α-hetero) is 1. The first kappa shape index (κ1) is 23.0. The Balaban J connectivity index is 0.00000338. The average Bonchev–Trinajstić information content (AvgIpc) is 2.56. The molecule has 26 heavy (non-hydrogen) atoms. The second-order valence-electron chi connectivity index (χ2n) is 6.24. The molecule has 1 aliphatic carbocycles. The minimum atomic E-state index is -4.33. The van der Waals surface area contributed by atoms with Crippen molar-refractivity contribution in [3.8, 4) is 0 Å². The van der Waals surface area contributed by atoms with Crippen LogP contribution in [0.1, 0.15) is 49.7 Å². The molecule has 1 amide bonds. The fourth-order valence-corrected chi connectivity index (χ4v) is 3.09. The van der Waals surface area contributed by atoms with Gasteiger partial charge in [-0.25, -0.2) is 8.42 Å². The van der Waals surface area contributed by atoms with Crippen molar-refractivity contribution < 1.29 is 52.1 Å². The van der Waals surface area contributed by atoms with Crippen LogP contribution in [-0.2, 0) is 19.7 Å². The molecular weight excluding hydrogens is 365 g/mol. The molecule has 0 radical (unpaired) electrons. The van der Waals surface area contributed by atoms with Gasteiger partial charge in [-0.05, 0) is 49.0 Å². The van der Waals surface area contributed by atoms with E-state index in [-0.39, 0.29) is 47.8 Å². The number of ketones is 1. The monoisotopic (exact) mass is 387 g/mol. The molecular formula is C18H22NNaO5S. The molecule has 2 rings (SSSR count). The van der Waals surface area contributed by atoms with Gasteiger partial charge in [-0.1, -0.05) is 24.3 Å². The van der Waals surface area contributed by atoms with Crippen molar-refractivity contribution in [2.24, 2.45) is 0 Å². The van der Waals surface area contributed by atoms with Gasteiger partial charge in [-0.3, -0.25) is 9.59 Å². The zero-order chi connectivity index (χ0) is 18.4. The van der Waals surface area contributed by atoms with Gasteiger partial charge in [0.1, 0.15) is 0 Å². The third kappa shape index (κ3) is 7.32. The summed E-state index contributed by atoms with van der Waals surface area (Å²) in [6, 6.07) is 7.34. The molecule has 1 N–H and O–H groups in total. The van der Waals surface area contributed by atoms with Crippen LogP contribution in [0.15, 0.2) is 29.8 Å². The number of carbonyl (C=O) groups excluding carboxylic acids is 2. The van der Waals surface area contributed by atoms with Gasteiger partial charge in [-0.2, -0.15) is 0 Å². The first-order valence-corrected chi connectivity index (χ1v) is 9.89. The van der Waals surface area contributed by atoms with Crippen LogP contribution in [-0.4, -0.2) is 37.0 Å². The number of amides is 1. The van der Waals surface area contributed by atoms with Crippen molar-refractivity contribution >= 4 is 27.9 Å². The van der Waals surface area contributed by atoms with Gasteiger partial charge in [0.2, 0.25) is 5.91 Å². The van der Waals surface area contributed by atoms with Crippen LogP contribution >= 0.6 is 0 Å². The van der Waals surface area contributed by atoms with Crippen LogP contribution in [0.4, 0.5) is 0 Å². The molecule has 0 aliphatic heterocycles. The molecule has 136 valence electrons. The number of rotatable bonds is 6. The van der Waals surface area contributed by atoms with Gasteiger partial charge in [0, 0.05) is 13.0 Å². The maximum atomic E-state index is 12.0. The summed E-state index contributed by atoms with van der Waals surface area (Å²) in [5.74, 6) is -1.22. The second-order valence-corrected chi connectivity index (χ2v) is 7.76. The summed E-state index contributed by atoms with van der Waals surface area (Å²) in [6.07, 6.45) is 5.30. The average molecular weight is 387 g/mol. The van der Waals surface area contributed by atoms with E-state index in [0.717, 1.165) is 36.0 Å². The molecule has 0 saturated heterocycles. The Morgan fingerprint density at radius 1 is 1.23 bits per heavy atom. The molecule has 1 aromatic rings. The van der Waals surface area contributed by atoms with E-state index < -0.39 is 21.8 Å². The molecule has 0 bridgehead atoms. The van der Waals surface area contributed by atoms with Gasteiger partial charge in [0.05, 0.1) is 21.8 Å². The molecule has 0 heterocycles. The van der Waals surface area contributed by atoms with Crippen molar-refractivity contribution in [3.63, 3.8) is 0 Å². The number of hydrogen-bond acceptors (Lipinski definition) is 5. The van der Waals surface area contributed by atoms with Crippen LogP contribution in [0.25, 0.3) is 6.08 Å². The SMILES string of the molecule is C[C@H](C(=O)NCCS(=O)(=O)[O-])c1ccc(C=C2CCCCC2=O)cc1.[Na+]. The molecule has 8 heteroatoms. The molecule has 0 spiro atoms. The Kier molecular flexibility index (Phi) is 9.19. The summed E-state index contributed by atoms with van der Waals surface area (Å²) in [5.41, 5.74) is 2.54. The Hall–Kier alpha value is -0.990. The third-order valence-electron chi connectivity index (χ3n) is 4.28. The van der Waals surface area contributed by atoms with E-state index >= 15 is 0 Å². The van der Waals surface area contributed by atoms with Crippen LogP contribution in [0.5, 0.6) is 0 Å². The smallest absolute Gasteiger partial charge is 0.748 e. The number of allylic oxidation sites excluding steroid dienone is 1. The van der Waals surface area contributed by atoms with Gasteiger partial charge in [0.15, 0.2) is 5.78 Å². The minimum absolute atomic E-state index is 0. The molecule has 1 atom stereocenters. The fraction of sp³-hybridized carbons (Fsp3) is 0.444. The summed E-state index contributed by atoms with van der Waals surface area (Å²) < 4.78 is 31.6. The van der Waals surface area contributed by atoms with Crippen LogP contribution in [0, 0.1) is 0 Å². The fourth-order valence-electron chi connectivity index (χ4n) is 2.74. The quantitative estimate of drug-likeness (QED) is 0.382.